The number of ether oxygens (including phenoxy) is 1. The Kier molecular flexibility index (Phi) is 7.97. The molecule has 13 heteroatoms. The topological polar surface area (TPSA) is 128 Å². The number of fused-ring (bicyclic) bond motifs is 1. The number of hydrogen-bond acceptors (Lipinski definition) is 9. The molecule has 0 N–H and O–H groups in total. The highest BCUT2D eigenvalue weighted by Crippen LogP contribution is 2.33. The van der Waals surface area contributed by atoms with Gasteiger partial charge in [-0.25, -0.2) is 18.1 Å². The molecule has 0 spiro atoms. The standard InChI is InChI=1S/C27H34N8O4S/c1-5-17-39-22-11-10-19(40(37,38)34-15-13-33(7-3)14-16-34)18-20(22)26-29-24-21(6-2)35(23-9-8-12-28-30-23)31-25(24)27(36)32(26)4/h8-12,18H,5-7,13-17H2,1-4H3. The van der Waals surface area contributed by atoms with Crippen molar-refractivity contribution in [2.45, 2.75) is 38.5 Å². The fourth-order valence-corrected chi connectivity index (χ4v) is 6.36. The monoisotopic (exact) mass is 566 g/mol. The summed E-state index contributed by atoms with van der Waals surface area (Å²) < 4.78 is 37.8. The van der Waals surface area contributed by atoms with E-state index in [0.717, 1.165) is 13.0 Å². The molecule has 4 heterocycles. The molecule has 1 aromatic carbocycles. The highest BCUT2D eigenvalue weighted by molar-refractivity contribution is 7.89. The molecule has 0 amide bonds. The van der Waals surface area contributed by atoms with Gasteiger partial charge < -0.3 is 9.64 Å². The third-order valence-electron chi connectivity index (χ3n) is 7.18. The Labute approximate surface area is 233 Å². The summed E-state index contributed by atoms with van der Waals surface area (Å²) in [6.45, 7) is 9.53. The van der Waals surface area contributed by atoms with Crippen LogP contribution in [0.3, 0.4) is 0 Å². The van der Waals surface area contributed by atoms with Gasteiger partial charge in [0.15, 0.2) is 11.3 Å². The van der Waals surface area contributed by atoms with E-state index in [9.17, 15) is 13.2 Å². The quantitative estimate of drug-likeness (QED) is 0.300. The van der Waals surface area contributed by atoms with Crippen molar-refractivity contribution in [3.8, 4) is 23.0 Å². The van der Waals surface area contributed by atoms with Crippen LogP contribution < -0.4 is 10.3 Å². The summed E-state index contributed by atoms with van der Waals surface area (Å²) in [7, 11) is -2.16. The summed E-state index contributed by atoms with van der Waals surface area (Å²) in [5.74, 6) is 1.23. The van der Waals surface area contributed by atoms with Crippen molar-refractivity contribution in [3.63, 3.8) is 0 Å². The van der Waals surface area contributed by atoms with Crippen LogP contribution in [0.5, 0.6) is 5.75 Å². The number of sulfonamides is 1. The molecule has 0 aliphatic carbocycles. The number of nitrogens with zero attached hydrogens (tertiary/aromatic N) is 8. The number of benzene rings is 1. The smallest absolute Gasteiger partial charge is 0.281 e. The predicted molar refractivity (Wildman–Crippen MR) is 151 cm³/mol. The van der Waals surface area contributed by atoms with Gasteiger partial charge in [-0.1, -0.05) is 20.8 Å². The van der Waals surface area contributed by atoms with E-state index < -0.39 is 10.0 Å². The van der Waals surface area contributed by atoms with Gasteiger partial charge in [0.1, 0.15) is 17.1 Å². The molecule has 0 bridgehead atoms. The maximum absolute atomic E-state index is 13.7. The summed E-state index contributed by atoms with van der Waals surface area (Å²) >= 11 is 0. The Hall–Kier alpha value is -3.68. The molecular formula is C27H34N8O4S. The largest absolute Gasteiger partial charge is 0.493 e. The lowest BCUT2D eigenvalue weighted by molar-refractivity contribution is 0.196. The van der Waals surface area contributed by atoms with Crippen molar-refractivity contribution >= 4 is 21.1 Å². The lowest BCUT2D eigenvalue weighted by atomic mass is 10.1. The van der Waals surface area contributed by atoms with Gasteiger partial charge in [0.2, 0.25) is 10.0 Å². The van der Waals surface area contributed by atoms with Crippen LogP contribution in [0.25, 0.3) is 28.2 Å². The predicted octanol–water partition coefficient (Wildman–Crippen LogP) is 2.25. The average Bonchev–Trinajstić information content (AvgIpc) is 3.37. The van der Waals surface area contributed by atoms with Crippen LogP contribution in [0.1, 0.15) is 32.9 Å². The fraction of sp³-hybridized carbons (Fsp3) is 0.444. The maximum Gasteiger partial charge on any atom is 0.281 e. The molecule has 0 atom stereocenters. The molecule has 1 fully saturated rings. The van der Waals surface area contributed by atoms with Gasteiger partial charge in [-0.2, -0.15) is 14.5 Å². The van der Waals surface area contributed by atoms with Crippen LogP contribution >= 0.6 is 0 Å². The lowest BCUT2D eigenvalue weighted by Crippen LogP contribution is -2.48. The Balaban J connectivity index is 1.67. The summed E-state index contributed by atoms with van der Waals surface area (Å²) in [6.07, 6.45) is 2.86. The minimum atomic E-state index is -3.77. The van der Waals surface area contributed by atoms with E-state index in [4.69, 9.17) is 9.72 Å². The number of hydrogen-bond donors (Lipinski definition) is 0. The minimum Gasteiger partial charge on any atom is -0.493 e. The molecule has 1 saturated heterocycles. The highest BCUT2D eigenvalue weighted by Gasteiger charge is 2.30. The van der Waals surface area contributed by atoms with Gasteiger partial charge in [-0.15, -0.1) is 5.10 Å². The van der Waals surface area contributed by atoms with Crippen molar-refractivity contribution in [1.82, 2.24) is 38.7 Å². The molecule has 0 saturated carbocycles. The molecule has 3 aromatic heterocycles. The van der Waals surface area contributed by atoms with Gasteiger partial charge in [-0.3, -0.25) is 9.36 Å². The summed E-state index contributed by atoms with van der Waals surface area (Å²) in [6, 6.07) is 8.29. The average molecular weight is 567 g/mol. The number of piperazine rings is 1. The van der Waals surface area contributed by atoms with Crippen LogP contribution in [0.4, 0.5) is 0 Å². The second-order valence-electron chi connectivity index (χ2n) is 9.64. The Morgan fingerprint density at radius 1 is 1.02 bits per heavy atom. The van der Waals surface area contributed by atoms with Crippen molar-refractivity contribution in [3.05, 3.63) is 52.6 Å². The van der Waals surface area contributed by atoms with E-state index in [-0.39, 0.29) is 16.0 Å². The normalized spacial score (nSPS) is 15.1. The summed E-state index contributed by atoms with van der Waals surface area (Å²) in [5, 5.41) is 12.6. The first-order valence-electron chi connectivity index (χ1n) is 13.6. The zero-order chi connectivity index (χ0) is 28.4. The van der Waals surface area contributed by atoms with E-state index in [2.05, 4.69) is 27.1 Å². The van der Waals surface area contributed by atoms with Crippen molar-refractivity contribution in [2.75, 3.05) is 39.3 Å². The van der Waals surface area contributed by atoms with Crippen LogP contribution in [-0.4, -0.2) is 86.5 Å². The van der Waals surface area contributed by atoms with Crippen LogP contribution in [0.15, 0.2) is 46.2 Å². The molecule has 1 aliphatic heterocycles. The second-order valence-corrected chi connectivity index (χ2v) is 11.6. The Morgan fingerprint density at radius 3 is 2.45 bits per heavy atom. The Morgan fingerprint density at radius 2 is 1.80 bits per heavy atom. The van der Waals surface area contributed by atoms with E-state index in [1.54, 1.807) is 48.3 Å². The number of rotatable bonds is 9. The lowest BCUT2D eigenvalue weighted by Gasteiger charge is -2.33. The zero-order valence-electron chi connectivity index (χ0n) is 23.2. The molecule has 4 aromatic rings. The first kappa shape index (κ1) is 27.9. The molecule has 0 unspecified atom stereocenters. The van der Waals surface area contributed by atoms with Gasteiger partial charge in [0.05, 0.1) is 22.8 Å². The molecule has 40 heavy (non-hydrogen) atoms. The Bertz CT molecular complexity index is 1680. The van der Waals surface area contributed by atoms with Crippen molar-refractivity contribution in [1.29, 1.82) is 0 Å². The first-order chi connectivity index (χ1) is 19.3. The third-order valence-corrected chi connectivity index (χ3v) is 9.07. The van der Waals surface area contributed by atoms with E-state index in [0.29, 0.717) is 73.4 Å². The first-order valence-corrected chi connectivity index (χ1v) is 15.0. The van der Waals surface area contributed by atoms with Gasteiger partial charge in [0.25, 0.3) is 5.56 Å². The molecular weight excluding hydrogens is 532 g/mol. The summed E-state index contributed by atoms with van der Waals surface area (Å²) in [5.41, 5.74) is 1.39. The van der Waals surface area contributed by atoms with Crippen LogP contribution in [0, 0.1) is 0 Å². The fourth-order valence-electron chi connectivity index (χ4n) is 4.91. The van der Waals surface area contributed by atoms with Gasteiger partial charge in [-0.05, 0) is 49.7 Å². The molecule has 212 valence electrons. The minimum absolute atomic E-state index is 0.136. The van der Waals surface area contributed by atoms with Crippen molar-refractivity contribution in [2.24, 2.45) is 7.05 Å². The third kappa shape index (κ3) is 5.00. The van der Waals surface area contributed by atoms with E-state index in [1.165, 1.54) is 8.87 Å². The van der Waals surface area contributed by atoms with E-state index in [1.807, 2.05) is 13.8 Å². The molecule has 5 rings (SSSR count). The van der Waals surface area contributed by atoms with Gasteiger partial charge in [0, 0.05) is 39.4 Å². The zero-order valence-corrected chi connectivity index (χ0v) is 24.1. The van der Waals surface area contributed by atoms with Gasteiger partial charge >= 0.3 is 0 Å². The van der Waals surface area contributed by atoms with Crippen LogP contribution in [0.2, 0.25) is 0 Å². The molecule has 12 nitrogen and oxygen atoms in total. The van der Waals surface area contributed by atoms with E-state index >= 15 is 0 Å². The highest BCUT2D eigenvalue weighted by atomic mass is 32.2. The number of likely N-dealkylation sites (N-methyl/N-ethyl adjacent to an activating group) is 1. The molecule has 0 radical (unpaired) electrons. The SMILES string of the molecule is CCCOc1ccc(S(=O)(=O)N2CCN(CC)CC2)cc1-c1nc2c(CC)n(-c3cccnn3)nc2c(=O)n1C. The summed E-state index contributed by atoms with van der Waals surface area (Å²) in [4.78, 5) is 20.8. The van der Waals surface area contributed by atoms with Crippen LogP contribution in [-0.2, 0) is 23.5 Å². The number of aromatic nitrogens is 6. The molecule has 1 aliphatic rings. The maximum atomic E-state index is 13.7. The second kappa shape index (κ2) is 11.4. The number of aryl methyl sites for hydroxylation is 1. The van der Waals surface area contributed by atoms with Crippen molar-refractivity contribution < 1.29 is 13.2 Å².